The fourth-order valence-corrected chi connectivity index (χ4v) is 3.39. The quantitative estimate of drug-likeness (QED) is 0.610. The molecule has 154 valence electrons. The topological polar surface area (TPSA) is 75.4 Å². The van der Waals surface area contributed by atoms with Crippen LogP contribution in [0.25, 0.3) is 0 Å². The van der Waals surface area contributed by atoms with Gasteiger partial charge in [0.05, 0.1) is 0 Å². The minimum atomic E-state index is -0.275. The molecule has 0 atom stereocenters. The largest absolute Gasteiger partial charge is 0.326 e. The number of carbonyl (C=O) groups excluding carboxylic acids is 2. The number of nitrogens with two attached hydrogens (primary N) is 1. The van der Waals surface area contributed by atoms with Crippen LogP contribution in [0, 0.1) is 0 Å². The highest BCUT2D eigenvalue weighted by molar-refractivity contribution is 6.10. The first-order valence-corrected chi connectivity index (χ1v) is 10.0. The van der Waals surface area contributed by atoms with Gasteiger partial charge in [0, 0.05) is 23.5 Å². The number of para-hydroxylation sites is 1. The van der Waals surface area contributed by atoms with Crippen molar-refractivity contribution in [2.45, 2.75) is 26.3 Å². The molecule has 0 aromatic heterocycles. The van der Waals surface area contributed by atoms with Crippen molar-refractivity contribution in [2.75, 3.05) is 16.8 Å². The van der Waals surface area contributed by atoms with Gasteiger partial charge < -0.3 is 11.1 Å². The Balaban J connectivity index is 1.81. The van der Waals surface area contributed by atoms with E-state index in [1.165, 1.54) is 10.5 Å². The molecule has 30 heavy (non-hydrogen) atoms. The lowest BCUT2D eigenvalue weighted by molar-refractivity contribution is -0.114. The predicted molar refractivity (Wildman–Crippen MR) is 122 cm³/mol. The van der Waals surface area contributed by atoms with E-state index >= 15 is 0 Å². The van der Waals surface area contributed by atoms with Gasteiger partial charge in [0.2, 0.25) is 5.91 Å². The summed E-state index contributed by atoms with van der Waals surface area (Å²) in [5.41, 5.74) is 9.92. The Morgan fingerprint density at radius 1 is 0.933 bits per heavy atom. The molecule has 0 unspecified atom stereocenters. The number of hydrogen-bond acceptors (Lipinski definition) is 3. The summed E-state index contributed by atoms with van der Waals surface area (Å²) in [6, 6.07) is 23.9. The molecule has 3 N–H and O–H groups in total. The summed E-state index contributed by atoms with van der Waals surface area (Å²) < 4.78 is 0. The molecule has 0 aliphatic heterocycles. The maximum Gasteiger partial charge on any atom is 0.258 e. The molecule has 2 amide bonds. The zero-order valence-corrected chi connectivity index (χ0v) is 17.3. The molecule has 0 bridgehead atoms. The Morgan fingerprint density at radius 2 is 1.57 bits per heavy atom. The molecule has 0 radical (unpaired) electrons. The molecule has 3 rings (SSSR count). The molecule has 0 spiro atoms. The smallest absolute Gasteiger partial charge is 0.258 e. The van der Waals surface area contributed by atoms with Gasteiger partial charge in [0.1, 0.15) is 6.54 Å². The lowest BCUT2D eigenvalue weighted by atomic mass is 9.96. The van der Waals surface area contributed by atoms with Crippen LogP contribution in [0.5, 0.6) is 0 Å². The SMILES string of the molecule is CC(C)c1ccc(NC(=O)CN(C(=O)c2ccccc2)c2ccccc2)cc1CN. The number of hydrogen-bond donors (Lipinski definition) is 2. The Hall–Kier alpha value is -3.44. The number of carbonyl (C=O) groups is 2. The fourth-order valence-electron chi connectivity index (χ4n) is 3.39. The molecular weight excluding hydrogens is 374 g/mol. The monoisotopic (exact) mass is 401 g/mol. The first kappa shape index (κ1) is 21.3. The molecule has 0 saturated carbocycles. The number of nitrogens with one attached hydrogen (secondary N) is 1. The van der Waals surface area contributed by atoms with Gasteiger partial charge in [-0.2, -0.15) is 0 Å². The molecular formula is C25H27N3O2. The third-order valence-corrected chi connectivity index (χ3v) is 4.90. The van der Waals surface area contributed by atoms with E-state index < -0.39 is 0 Å². The number of benzene rings is 3. The van der Waals surface area contributed by atoms with Crippen LogP contribution >= 0.6 is 0 Å². The third-order valence-electron chi connectivity index (χ3n) is 4.90. The fraction of sp³-hybridized carbons (Fsp3) is 0.200. The normalized spacial score (nSPS) is 10.7. The van der Waals surface area contributed by atoms with E-state index in [0.717, 1.165) is 5.56 Å². The van der Waals surface area contributed by atoms with Gasteiger partial charge in [0.25, 0.3) is 5.91 Å². The Kier molecular flexibility index (Phi) is 6.99. The standard InChI is InChI=1S/C25H27N3O2/c1-18(2)23-14-13-21(15-20(23)16-26)27-24(29)17-28(22-11-7-4-8-12-22)25(30)19-9-5-3-6-10-19/h3-15,18H,16-17,26H2,1-2H3,(H,27,29). The van der Waals surface area contributed by atoms with Crippen LogP contribution in [0.15, 0.2) is 78.9 Å². The highest BCUT2D eigenvalue weighted by atomic mass is 16.2. The lowest BCUT2D eigenvalue weighted by Gasteiger charge is -2.23. The van der Waals surface area contributed by atoms with Crippen molar-refractivity contribution >= 4 is 23.2 Å². The average molecular weight is 402 g/mol. The van der Waals surface area contributed by atoms with E-state index in [1.54, 1.807) is 24.3 Å². The second kappa shape index (κ2) is 9.85. The van der Waals surface area contributed by atoms with Crippen LogP contribution in [0.4, 0.5) is 11.4 Å². The van der Waals surface area contributed by atoms with Gasteiger partial charge in [-0.1, -0.05) is 56.3 Å². The van der Waals surface area contributed by atoms with E-state index in [-0.39, 0.29) is 18.4 Å². The maximum atomic E-state index is 13.1. The Morgan fingerprint density at radius 3 is 2.17 bits per heavy atom. The van der Waals surface area contributed by atoms with Gasteiger partial charge in [-0.25, -0.2) is 0 Å². The zero-order valence-electron chi connectivity index (χ0n) is 17.3. The second-order valence-corrected chi connectivity index (χ2v) is 7.41. The Labute approximate surface area is 177 Å². The minimum absolute atomic E-state index is 0.0956. The van der Waals surface area contributed by atoms with E-state index in [0.29, 0.717) is 29.4 Å². The van der Waals surface area contributed by atoms with Gasteiger partial charge >= 0.3 is 0 Å². The zero-order chi connectivity index (χ0) is 21.5. The van der Waals surface area contributed by atoms with Crippen molar-refractivity contribution in [1.82, 2.24) is 0 Å². The summed E-state index contributed by atoms with van der Waals surface area (Å²) in [5, 5.41) is 2.90. The lowest BCUT2D eigenvalue weighted by Crippen LogP contribution is -2.38. The van der Waals surface area contributed by atoms with Gasteiger partial charge in [0.15, 0.2) is 0 Å². The summed E-state index contributed by atoms with van der Waals surface area (Å²) in [6.07, 6.45) is 0. The van der Waals surface area contributed by atoms with E-state index in [1.807, 2.05) is 54.6 Å². The van der Waals surface area contributed by atoms with Crippen LogP contribution < -0.4 is 16.0 Å². The summed E-state index contributed by atoms with van der Waals surface area (Å²) in [5.74, 6) is -0.150. The molecule has 3 aromatic carbocycles. The summed E-state index contributed by atoms with van der Waals surface area (Å²) >= 11 is 0. The highest BCUT2D eigenvalue weighted by Crippen LogP contribution is 2.23. The Bertz CT molecular complexity index is 1000. The molecule has 0 heterocycles. The second-order valence-electron chi connectivity index (χ2n) is 7.41. The summed E-state index contributed by atoms with van der Waals surface area (Å²) in [7, 11) is 0. The molecule has 0 fully saturated rings. The van der Waals surface area contributed by atoms with Crippen LogP contribution in [-0.2, 0) is 11.3 Å². The van der Waals surface area contributed by atoms with Gasteiger partial charge in [-0.3, -0.25) is 14.5 Å². The van der Waals surface area contributed by atoms with E-state index in [4.69, 9.17) is 5.73 Å². The first-order chi connectivity index (χ1) is 14.5. The maximum absolute atomic E-state index is 13.1. The molecule has 5 nitrogen and oxygen atoms in total. The molecule has 5 heteroatoms. The van der Waals surface area contributed by atoms with Crippen molar-refractivity contribution in [3.05, 3.63) is 95.6 Å². The van der Waals surface area contributed by atoms with Crippen LogP contribution in [0.2, 0.25) is 0 Å². The van der Waals surface area contributed by atoms with E-state index in [9.17, 15) is 9.59 Å². The van der Waals surface area contributed by atoms with E-state index in [2.05, 4.69) is 19.2 Å². The summed E-state index contributed by atoms with van der Waals surface area (Å²) in [4.78, 5) is 27.4. The number of amides is 2. The van der Waals surface area contributed by atoms with Crippen molar-refractivity contribution in [3.63, 3.8) is 0 Å². The van der Waals surface area contributed by atoms with Crippen molar-refractivity contribution in [2.24, 2.45) is 5.73 Å². The first-order valence-electron chi connectivity index (χ1n) is 10.0. The van der Waals surface area contributed by atoms with Gasteiger partial charge in [-0.05, 0) is 53.4 Å². The number of nitrogens with zero attached hydrogens (tertiary/aromatic N) is 1. The van der Waals surface area contributed by atoms with Crippen LogP contribution in [-0.4, -0.2) is 18.4 Å². The predicted octanol–water partition coefficient (Wildman–Crippen LogP) is 4.55. The van der Waals surface area contributed by atoms with Crippen molar-refractivity contribution in [3.8, 4) is 0 Å². The molecule has 3 aromatic rings. The average Bonchev–Trinajstić information content (AvgIpc) is 2.78. The molecule has 0 aliphatic rings. The minimum Gasteiger partial charge on any atom is -0.326 e. The van der Waals surface area contributed by atoms with Crippen molar-refractivity contribution in [1.29, 1.82) is 0 Å². The summed E-state index contributed by atoms with van der Waals surface area (Å²) in [6.45, 7) is 4.53. The molecule has 0 saturated heterocycles. The van der Waals surface area contributed by atoms with Crippen LogP contribution in [0.3, 0.4) is 0 Å². The number of rotatable bonds is 7. The third kappa shape index (κ3) is 5.13. The van der Waals surface area contributed by atoms with Crippen molar-refractivity contribution < 1.29 is 9.59 Å². The van der Waals surface area contributed by atoms with Crippen LogP contribution in [0.1, 0.15) is 41.3 Å². The number of anilines is 2. The molecule has 0 aliphatic carbocycles. The highest BCUT2D eigenvalue weighted by Gasteiger charge is 2.21. The van der Waals surface area contributed by atoms with Gasteiger partial charge in [-0.15, -0.1) is 0 Å².